The Balaban J connectivity index is 1.88. The number of carboxylic acid groups (broad SMARTS) is 1. The van der Waals surface area contributed by atoms with Gasteiger partial charge in [0.25, 0.3) is 0 Å². The summed E-state index contributed by atoms with van der Waals surface area (Å²) >= 11 is 0. The second kappa shape index (κ2) is 3.81. The number of nitrogens with one attached hydrogen (secondary N) is 1. The third kappa shape index (κ3) is 2.35. The highest BCUT2D eigenvalue weighted by molar-refractivity contribution is 5.87. The normalized spacial score (nSPS) is 21.5. The minimum absolute atomic E-state index is 0.331. The average Bonchev–Trinajstić information content (AvgIpc) is 2.84. The molecular formula is C13H17NO2. The van der Waals surface area contributed by atoms with Crippen molar-refractivity contribution in [1.82, 2.24) is 0 Å². The summed E-state index contributed by atoms with van der Waals surface area (Å²) in [6.45, 7) is 5.51. The molecule has 3 nitrogen and oxygen atoms in total. The van der Waals surface area contributed by atoms with Gasteiger partial charge in [-0.1, -0.05) is 13.8 Å². The average molecular weight is 219 g/mol. The zero-order valence-electron chi connectivity index (χ0n) is 9.66. The van der Waals surface area contributed by atoms with Crippen LogP contribution in [-0.4, -0.2) is 17.6 Å². The Labute approximate surface area is 95.5 Å². The van der Waals surface area contributed by atoms with Crippen LogP contribution in [0.2, 0.25) is 0 Å². The van der Waals surface area contributed by atoms with E-state index in [2.05, 4.69) is 19.2 Å². The first kappa shape index (κ1) is 11.0. The summed E-state index contributed by atoms with van der Waals surface area (Å²) in [7, 11) is 0. The van der Waals surface area contributed by atoms with E-state index in [1.54, 1.807) is 12.1 Å². The first-order valence-electron chi connectivity index (χ1n) is 5.56. The van der Waals surface area contributed by atoms with Crippen LogP contribution in [0, 0.1) is 11.3 Å². The maximum Gasteiger partial charge on any atom is 0.335 e. The molecule has 2 rings (SSSR count). The predicted octanol–water partition coefficient (Wildman–Crippen LogP) is 2.84. The van der Waals surface area contributed by atoms with Gasteiger partial charge in [0.15, 0.2) is 0 Å². The number of hydrogen-bond acceptors (Lipinski definition) is 2. The lowest BCUT2D eigenvalue weighted by Crippen LogP contribution is -2.07. The molecule has 0 spiro atoms. The van der Waals surface area contributed by atoms with Crippen molar-refractivity contribution in [1.29, 1.82) is 0 Å². The number of carbonyl (C=O) groups is 1. The molecule has 0 aromatic heterocycles. The van der Waals surface area contributed by atoms with E-state index in [-0.39, 0.29) is 0 Å². The largest absolute Gasteiger partial charge is 0.478 e. The van der Waals surface area contributed by atoms with Crippen molar-refractivity contribution in [3.63, 3.8) is 0 Å². The van der Waals surface area contributed by atoms with Gasteiger partial charge in [-0.3, -0.25) is 0 Å². The molecule has 1 aromatic rings. The fraction of sp³-hybridized carbons (Fsp3) is 0.462. The Morgan fingerprint density at radius 3 is 2.44 bits per heavy atom. The van der Waals surface area contributed by atoms with E-state index < -0.39 is 5.97 Å². The Bertz CT molecular complexity index is 395. The molecule has 86 valence electrons. The first-order chi connectivity index (χ1) is 7.49. The molecule has 1 atom stereocenters. The van der Waals surface area contributed by atoms with Crippen molar-refractivity contribution < 1.29 is 9.90 Å². The fourth-order valence-corrected chi connectivity index (χ4v) is 1.90. The summed E-state index contributed by atoms with van der Waals surface area (Å²) in [6, 6.07) is 6.89. The molecule has 1 saturated carbocycles. The van der Waals surface area contributed by atoms with E-state index in [0.29, 0.717) is 11.0 Å². The second-order valence-corrected chi connectivity index (χ2v) is 5.15. The van der Waals surface area contributed by atoms with Gasteiger partial charge < -0.3 is 10.4 Å². The number of aromatic carboxylic acids is 1. The van der Waals surface area contributed by atoms with Crippen LogP contribution in [0.4, 0.5) is 5.69 Å². The van der Waals surface area contributed by atoms with Gasteiger partial charge in [0.1, 0.15) is 0 Å². The van der Waals surface area contributed by atoms with Crippen LogP contribution >= 0.6 is 0 Å². The highest BCUT2D eigenvalue weighted by Crippen LogP contribution is 2.51. The van der Waals surface area contributed by atoms with E-state index in [0.717, 1.165) is 18.2 Å². The zero-order valence-corrected chi connectivity index (χ0v) is 9.66. The van der Waals surface area contributed by atoms with Gasteiger partial charge in [0.2, 0.25) is 0 Å². The topological polar surface area (TPSA) is 49.3 Å². The van der Waals surface area contributed by atoms with Crippen LogP contribution in [0.3, 0.4) is 0 Å². The maximum absolute atomic E-state index is 10.7. The fourth-order valence-electron chi connectivity index (χ4n) is 1.90. The minimum atomic E-state index is -0.880. The predicted molar refractivity (Wildman–Crippen MR) is 63.8 cm³/mol. The van der Waals surface area contributed by atoms with Crippen molar-refractivity contribution in [2.45, 2.75) is 20.3 Å². The molecule has 0 aliphatic heterocycles. The van der Waals surface area contributed by atoms with Gasteiger partial charge >= 0.3 is 5.97 Å². The first-order valence-corrected chi connectivity index (χ1v) is 5.56. The highest BCUT2D eigenvalue weighted by atomic mass is 16.4. The molecule has 1 aliphatic carbocycles. The lowest BCUT2D eigenvalue weighted by molar-refractivity contribution is 0.0697. The van der Waals surface area contributed by atoms with Crippen molar-refractivity contribution >= 4 is 11.7 Å². The summed E-state index contributed by atoms with van der Waals surface area (Å²) in [6.07, 6.45) is 1.27. The van der Waals surface area contributed by atoms with Crippen LogP contribution in [0.25, 0.3) is 0 Å². The summed E-state index contributed by atoms with van der Waals surface area (Å²) in [5.74, 6) is -0.137. The van der Waals surface area contributed by atoms with Gasteiger partial charge in [0.05, 0.1) is 5.56 Å². The van der Waals surface area contributed by atoms with Crippen molar-refractivity contribution in [3.05, 3.63) is 29.8 Å². The second-order valence-electron chi connectivity index (χ2n) is 5.15. The van der Waals surface area contributed by atoms with E-state index >= 15 is 0 Å². The molecule has 1 aliphatic rings. The van der Waals surface area contributed by atoms with Gasteiger partial charge in [-0.05, 0) is 42.0 Å². The summed E-state index contributed by atoms with van der Waals surface area (Å²) in [5, 5.41) is 12.1. The van der Waals surface area contributed by atoms with Crippen molar-refractivity contribution in [3.8, 4) is 0 Å². The Morgan fingerprint density at radius 1 is 1.44 bits per heavy atom. The van der Waals surface area contributed by atoms with E-state index in [1.165, 1.54) is 6.42 Å². The molecule has 1 unspecified atom stereocenters. The molecule has 0 bridgehead atoms. The lowest BCUT2D eigenvalue weighted by atomic mass is 10.1. The Morgan fingerprint density at radius 2 is 2.00 bits per heavy atom. The monoisotopic (exact) mass is 219 g/mol. The molecule has 0 amide bonds. The zero-order chi connectivity index (χ0) is 11.8. The molecule has 1 fully saturated rings. The molecule has 0 radical (unpaired) electrons. The molecule has 0 saturated heterocycles. The van der Waals surface area contributed by atoms with Gasteiger partial charge in [-0.15, -0.1) is 0 Å². The standard InChI is InChI=1S/C13H17NO2/c1-13(2)7-10(13)8-14-11-5-3-9(4-6-11)12(15)16/h3-6,10,14H,7-8H2,1-2H3,(H,15,16). The van der Waals surface area contributed by atoms with Gasteiger partial charge in [0, 0.05) is 12.2 Å². The quantitative estimate of drug-likeness (QED) is 0.818. The molecule has 3 heteroatoms. The van der Waals surface area contributed by atoms with Crippen molar-refractivity contribution in [2.24, 2.45) is 11.3 Å². The van der Waals surface area contributed by atoms with E-state index in [4.69, 9.17) is 5.11 Å². The number of hydrogen-bond donors (Lipinski definition) is 2. The van der Waals surface area contributed by atoms with Crippen LogP contribution in [-0.2, 0) is 0 Å². The molecule has 2 N–H and O–H groups in total. The van der Waals surface area contributed by atoms with Gasteiger partial charge in [-0.25, -0.2) is 4.79 Å². The number of rotatable bonds is 4. The van der Waals surface area contributed by atoms with Crippen LogP contribution in [0.15, 0.2) is 24.3 Å². The SMILES string of the molecule is CC1(C)CC1CNc1ccc(C(=O)O)cc1. The van der Waals surface area contributed by atoms with Crippen molar-refractivity contribution in [2.75, 3.05) is 11.9 Å². The maximum atomic E-state index is 10.7. The smallest absolute Gasteiger partial charge is 0.335 e. The van der Waals surface area contributed by atoms with E-state index in [9.17, 15) is 4.79 Å². The molecular weight excluding hydrogens is 202 g/mol. The minimum Gasteiger partial charge on any atom is -0.478 e. The molecule has 0 heterocycles. The van der Waals surface area contributed by atoms with Crippen LogP contribution < -0.4 is 5.32 Å². The Hall–Kier alpha value is -1.51. The highest BCUT2D eigenvalue weighted by Gasteiger charge is 2.44. The number of benzene rings is 1. The summed E-state index contributed by atoms with van der Waals surface area (Å²) in [5.41, 5.74) is 1.80. The number of carboxylic acids is 1. The lowest BCUT2D eigenvalue weighted by Gasteiger charge is -2.07. The Kier molecular flexibility index (Phi) is 2.62. The van der Waals surface area contributed by atoms with Gasteiger partial charge in [-0.2, -0.15) is 0 Å². The third-order valence-corrected chi connectivity index (χ3v) is 3.40. The summed E-state index contributed by atoms with van der Waals surface area (Å²) in [4.78, 5) is 10.7. The van der Waals surface area contributed by atoms with Crippen LogP contribution in [0.1, 0.15) is 30.6 Å². The number of anilines is 1. The summed E-state index contributed by atoms with van der Waals surface area (Å²) < 4.78 is 0. The van der Waals surface area contributed by atoms with E-state index in [1.807, 2.05) is 12.1 Å². The molecule has 1 aromatic carbocycles. The molecule has 16 heavy (non-hydrogen) atoms. The van der Waals surface area contributed by atoms with Crippen LogP contribution in [0.5, 0.6) is 0 Å². The third-order valence-electron chi connectivity index (χ3n) is 3.40.